The molecule has 18 heavy (non-hydrogen) atoms. The van der Waals surface area contributed by atoms with Gasteiger partial charge in [0.1, 0.15) is 0 Å². The fourth-order valence-electron chi connectivity index (χ4n) is 2.54. The van der Waals surface area contributed by atoms with Crippen LogP contribution < -0.4 is 5.32 Å². The van der Waals surface area contributed by atoms with E-state index in [0.717, 1.165) is 24.8 Å². The summed E-state index contributed by atoms with van der Waals surface area (Å²) < 4.78 is 2.07. The van der Waals surface area contributed by atoms with Gasteiger partial charge in [0.05, 0.1) is 5.69 Å². The minimum Gasteiger partial charge on any atom is -0.314 e. The van der Waals surface area contributed by atoms with Crippen LogP contribution in [-0.2, 0) is 19.9 Å². The zero-order valence-corrected chi connectivity index (χ0v) is 12.1. The lowest BCUT2D eigenvalue weighted by Crippen LogP contribution is -2.26. The number of nitrogens with one attached hydrogen (secondary N) is 1. The van der Waals surface area contributed by atoms with Crippen molar-refractivity contribution in [2.45, 2.75) is 58.4 Å². The summed E-state index contributed by atoms with van der Waals surface area (Å²) in [6.45, 7) is 5.63. The van der Waals surface area contributed by atoms with Gasteiger partial charge in [-0.3, -0.25) is 4.68 Å². The van der Waals surface area contributed by atoms with Crippen LogP contribution in [0.15, 0.2) is 6.07 Å². The van der Waals surface area contributed by atoms with Crippen molar-refractivity contribution < 1.29 is 0 Å². The zero-order valence-electron chi connectivity index (χ0n) is 12.1. The maximum atomic E-state index is 4.55. The highest BCUT2D eigenvalue weighted by Gasteiger charge is 2.22. The Morgan fingerprint density at radius 2 is 2.22 bits per heavy atom. The van der Waals surface area contributed by atoms with Crippen LogP contribution in [0.25, 0.3) is 0 Å². The average molecular weight is 249 g/mol. The van der Waals surface area contributed by atoms with Crippen LogP contribution in [-0.4, -0.2) is 22.4 Å². The van der Waals surface area contributed by atoms with E-state index in [-0.39, 0.29) is 0 Å². The number of hydrogen-bond donors (Lipinski definition) is 1. The van der Waals surface area contributed by atoms with Crippen molar-refractivity contribution in [3.8, 4) is 0 Å². The van der Waals surface area contributed by atoms with E-state index in [0.29, 0.717) is 0 Å². The third-order valence-corrected chi connectivity index (χ3v) is 3.86. The molecule has 1 aromatic heterocycles. The molecule has 0 spiro atoms. The molecule has 0 amide bonds. The summed E-state index contributed by atoms with van der Waals surface area (Å²) in [5.74, 6) is 0.760. The Morgan fingerprint density at radius 3 is 2.78 bits per heavy atom. The van der Waals surface area contributed by atoms with Crippen LogP contribution in [0.5, 0.6) is 0 Å². The highest BCUT2D eigenvalue weighted by atomic mass is 15.3. The maximum absolute atomic E-state index is 4.55. The molecule has 3 nitrogen and oxygen atoms in total. The lowest BCUT2D eigenvalue weighted by molar-refractivity contribution is 0.427. The first-order valence-electron chi connectivity index (χ1n) is 7.48. The molecule has 3 heteroatoms. The minimum absolute atomic E-state index is 0.760. The number of aryl methyl sites for hydroxylation is 2. The van der Waals surface area contributed by atoms with Crippen molar-refractivity contribution in [2.24, 2.45) is 13.0 Å². The van der Waals surface area contributed by atoms with Crippen molar-refractivity contribution >= 4 is 0 Å². The van der Waals surface area contributed by atoms with Gasteiger partial charge in [-0.1, -0.05) is 20.3 Å². The first kappa shape index (κ1) is 13.6. The summed E-state index contributed by atoms with van der Waals surface area (Å²) in [7, 11) is 2.08. The van der Waals surface area contributed by atoms with Gasteiger partial charge in [0.2, 0.25) is 0 Å². The molecule has 1 heterocycles. The molecule has 1 N–H and O–H groups in total. The zero-order chi connectivity index (χ0) is 13.0. The predicted octanol–water partition coefficient (Wildman–Crippen LogP) is 2.69. The minimum atomic E-state index is 0.760. The highest BCUT2D eigenvalue weighted by molar-refractivity contribution is 5.11. The molecule has 0 aromatic carbocycles. The fraction of sp³-hybridized carbons (Fsp3) is 0.800. The Kier molecular flexibility index (Phi) is 4.81. The second-order valence-corrected chi connectivity index (χ2v) is 5.65. The van der Waals surface area contributed by atoms with Gasteiger partial charge in [0, 0.05) is 18.8 Å². The number of rotatable bonds is 8. The van der Waals surface area contributed by atoms with Crippen LogP contribution >= 0.6 is 0 Å². The van der Waals surface area contributed by atoms with E-state index in [9.17, 15) is 0 Å². The van der Waals surface area contributed by atoms with Gasteiger partial charge in [0.15, 0.2) is 0 Å². The summed E-state index contributed by atoms with van der Waals surface area (Å²) >= 11 is 0. The molecule has 0 bridgehead atoms. The lowest BCUT2D eigenvalue weighted by Gasteiger charge is -2.16. The molecule has 1 aromatic rings. The van der Waals surface area contributed by atoms with Crippen LogP contribution in [0.3, 0.4) is 0 Å². The van der Waals surface area contributed by atoms with E-state index in [2.05, 4.69) is 42.1 Å². The SMILES string of the molecule is CCCC(CNC1CC1)Cc1cc(CC)nn1C. The van der Waals surface area contributed by atoms with Crippen molar-refractivity contribution in [3.05, 3.63) is 17.5 Å². The van der Waals surface area contributed by atoms with E-state index in [1.807, 2.05) is 0 Å². The molecule has 2 rings (SSSR count). The number of nitrogens with zero attached hydrogens (tertiary/aromatic N) is 2. The van der Waals surface area contributed by atoms with Crippen molar-refractivity contribution in [2.75, 3.05) is 6.54 Å². The summed E-state index contributed by atoms with van der Waals surface area (Å²) in [6, 6.07) is 3.10. The monoisotopic (exact) mass is 249 g/mol. The first-order valence-corrected chi connectivity index (χ1v) is 7.48. The molecule has 1 aliphatic carbocycles. The van der Waals surface area contributed by atoms with Gasteiger partial charge in [-0.2, -0.15) is 5.10 Å². The maximum Gasteiger partial charge on any atom is 0.0624 e. The molecule has 0 saturated heterocycles. The Labute approximate surface area is 111 Å². The second-order valence-electron chi connectivity index (χ2n) is 5.65. The van der Waals surface area contributed by atoms with Gasteiger partial charge in [-0.15, -0.1) is 0 Å². The smallest absolute Gasteiger partial charge is 0.0624 e. The molecular weight excluding hydrogens is 222 g/mol. The van der Waals surface area contributed by atoms with Gasteiger partial charge >= 0.3 is 0 Å². The summed E-state index contributed by atoms with van der Waals surface area (Å²) in [5.41, 5.74) is 2.61. The quantitative estimate of drug-likeness (QED) is 0.767. The fourth-order valence-corrected chi connectivity index (χ4v) is 2.54. The number of aromatic nitrogens is 2. The van der Waals surface area contributed by atoms with Gasteiger partial charge in [-0.05, 0) is 50.6 Å². The predicted molar refractivity (Wildman–Crippen MR) is 75.7 cm³/mol. The third kappa shape index (κ3) is 3.84. The third-order valence-electron chi connectivity index (χ3n) is 3.86. The van der Waals surface area contributed by atoms with E-state index in [4.69, 9.17) is 0 Å². The summed E-state index contributed by atoms with van der Waals surface area (Å²) in [5, 5.41) is 8.22. The average Bonchev–Trinajstić information content (AvgIpc) is 3.12. The molecular formula is C15H27N3. The Hall–Kier alpha value is -0.830. The van der Waals surface area contributed by atoms with Crippen LogP contribution in [0, 0.1) is 5.92 Å². The molecule has 0 aliphatic heterocycles. The second kappa shape index (κ2) is 6.37. The standard InChI is InChI=1S/C15H27N3/c1-4-6-12(11-16-14-7-8-14)9-15-10-13(5-2)17-18(15)3/h10,12,14,16H,4-9,11H2,1-3H3. The topological polar surface area (TPSA) is 29.9 Å². The van der Waals surface area contributed by atoms with Gasteiger partial charge < -0.3 is 5.32 Å². The van der Waals surface area contributed by atoms with Crippen LogP contribution in [0.2, 0.25) is 0 Å². The van der Waals surface area contributed by atoms with Gasteiger partial charge in [0.25, 0.3) is 0 Å². The van der Waals surface area contributed by atoms with Crippen molar-refractivity contribution in [3.63, 3.8) is 0 Å². The van der Waals surface area contributed by atoms with E-state index in [1.165, 1.54) is 43.6 Å². The van der Waals surface area contributed by atoms with Crippen LogP contribution in [0.1, 0.15) is 50.9 Å². The largest absolute Gasteiger partial charge is 0.314 e. The molecule has 1 atom stereocenters. The molecule has 1 saturated carbocycles. The normalized spacial score (nSPS) is 17.1. The Balaban J connectivity index is 1.90. The van der Waals surface area contributed by atoms with E-state index >= 15 is 0 Å². The molecule has 102 valence electrons. The lowest BCUT2D eigenvalue weighted by atomic mass is 9.97. The van der Waals surface area contributed by atoms with Crippen molar-refractivity contribution in [1.29, 1.82) is 0 Å². The molecule has 1 aliphatic rings. The number of hydrogen-bond acceptors (Lipinski definition) is 2. The van der Waals surface area contributed by atoms with E-state index in [1.54, 1.807) is 0 Å². The Bertz CT molecular complexity index is 366. The molecule has 0 radical (unpaired) electrons. The van der Waals surface area contributed by atoms with Crippen LogP contribution in [0.4, 0.5) is 0 Å². The highest BCUT2D eigenvalue weighted by Crippen LogP contribution is 2.21. The summed E-state index contributed by atoms with van der Waals surface area (Å²) in [6.07, 6.45) is 7.54. The van der Waals surface area contributed by atoms with Crippen molar-refractivity contribution in [1.82, 2.24) is 15.1 Å². The Morgan fingerprint density at radius 1 is 1.44 bits per heavy atom. The molecule has 1 fully saturated rings. The molecule has 1 unspecified atom stereocenters. The summed E-state index contributed by atoms with van der Waals surface area (Å²) in [4.78, 5) is 0. The van der Waals surface area contributed by atoms with Gasteiger partial charge in [-0.25, -0.2) is 0 Å². The first-order chi connectivity index (χ1) is 8.72. The van der Waals surface area contributed by atoms with E-state index < -0.39 is 0 Å².